The molecule has 0 radical (unpaired) electrons. The maximum absolute atomic E-state index is 13.9. The minimum Gasteiger partial charge on any atom is -0.331 e. The van der Waals surface area contributed by atoms with Crippen molar-refractivity contribution in [3.8, 4) is 11.3 Å². The van der Waals surface area contributed by atoms with Crippen LogP contribution in [0.2, 0.25) is 0 Å². The zero-order valence-corrected chi connectivity index (χ0v) is 16.4. The summed E-state index contributed by atoms with van der Waals surface area (Å²) in [4.78, 5) is 24.1. The summed E-state index contributed by atoms with van der Waals surface area (Å²) < 4.78 is 15.8. The van der Waals surface area contributed by atoms with Crippen molar-refractivity contribution in [2.24, 2.45) is 0 Å². The smallest absolute Gasteiger partial charge is 0.244 e. The van der Waals surface area contributed by atoms with Crippen molar-refractivity contribution in [3.05, 3.63) is 84.7 Å². The number of benzene rings is 3. The van der Waals surface area contributed by atoms with E-state index in [0.29, 0.717) is 5.69 Å². The fourth-order valence-electron chi connectivity index (χ4n) is 3.46. The molecular weight excluding hydrogens is 381 g/mol. The molecule has 2 amide bonds. The number of rotatable bonds is 5. The third-order valence-electron chi connectivity index (χ3n) is 4.74. The van der Waals surface area contributed by atoms with Crippen LogP contribution in [0.4, 0.5) is 15.8 Å². The average molecular weight is 401 g/mol. The molecule has 0 saturated heterocycles. The highest BCUT2D eigenvalue weighted by Crippen LogP contribution is 2.28. The van der Waals surface area contributed by atoms with Crippen molar-refractivity contribution in [2.45, 2.75) is 13.5 Å². The van der Waals surface area contributed by atoms with Gasteiger partial charge in [0.05, 0.1) is 5.69 Å². The van der Waals surface area contributed by atoms with Crippen LogP contribution in [0.1, 0.15) is 6.92 Å². The van der Waals surface area contributed by atoms with Crippen LogP contribution in [0.15, 0.2) is 78.9 Å². The zero-order valence-electron chi connectivity index (χ0n) is 16.4. The molecule has 5 nitrogen and oxygen atoms in total. The van der Waals surface area contributed by atoms with Crippen LogP contribution in [-0.2, 0) is 16.1 Å². The van der Waals surface area contributed by atoms with Gasteiger partial charge >= 0.3 is 0 Å². The van der Waals surface area contributed by atoms with E-state index in [1.807, 2.05) is 59.2 Å². The second-order valence-electron chi connectivity index (χ2n) is 6.96. The predicted molar refractivity (Wildman–Crippen MR) is 117 cm³/mol. The van der Waals surface area contributed by atoms with Crippen LogP contribution in [0.3, 0.4) is 0 Å². The van der Waals surface area contributed by atoms with Gasteiger partial charge in [-0.05, 0) is 35.9 Å². The number of nitrogens with one attached hydrogen (secondary N) is 2. The number of hydrogen-bond donors (Lipinski definition) is 2. The lowest BCUT2D eigenvalue weighted by molar-refractivity contribution is -0.116. The fourth-order valence-corrected chi connectivity index (χ4v) is 3.46. The van der Waals surface area contributed by atoms with Gasteiger partial charge in [-0.15, -0.1) is 0 Å². The van der Waals surface area contributed by atoms with Gasteiger partial charge in [-0.1, -0.05) is 48.5 Å². The number of amides is 2. The first-order chi connectivity index (χ1) is 14.5. The number of anilines is 2. The first-order valence-corrected chi connectivity index (χ1v) is 9.52. The number of halogens is 1. The van der Waals surface area contributed by atoms with Gasteiger partial charge in [0.1, 0.15) is 12.4 Å². The Morgan fingerprint density at radius 1 is 0.900 bits per heavy atom. The van der Waals surface area contributed by atoms with Gasteiger partial charge < -0.3 is 15.2 Å². The molecule has 3 aromatic carbocycles. The summed E-state index contributed by atoms with van der Waals surface area (Å²) in [6.45, 7) is 1.39. The molecule has 0 aliphatic heterocycles. The zero-order chi connectivity index (χ0) is 21.1. The first-order valence-electron chi connectivity index (χ1n) is 9.52. The Hall–Kier alpha value is -3.93. The number of aromatic nitrogens is 1. The van der Waals surface area contributed by atoms with Crippen LogP contribution in [0.25, 0.3) is 22.2 Å². The minimum atomic E-state index is -0.564. The van der Waals surface area contributed by atoms with E-state index in [0.717, 1.165) is 22.2 Å². The number of hydrogen-bond acceptors (Lipinski definition) is 2. The highest BCUT2D eigenvalue weighted by atomic mass is 19.1. The Bertz CT molecular complexity index is 1230. The van der Waals surface area contributed by atoms with Gasteiger partial charge in [0.15, 0.2) is 0 Å². The molecule has 0 atom stereocenters. The van der Waals surface area contributed by atoms with E-state index in [1.165, 1.54) is 25.1 Å². The van der Waals surface area contributed by atoms with Crippen molar-refractivity contribution < 1.29 is 14.0 Å². The molecule has 1 heterocycles. The number of nitrogens with zero attached hydrogens (tertiary/aromatic N) is 1. The topological polar surface area (TPSA) is 63.1 Å². The van der Waals surface area contributed by atoms with Crippen molar-refractivity contribution in [1.29, 1.82) is 0 Å². The molecule has 4 aromatic rings. The molecule has 4 rings (SSSR count). The maximum Gasteiger partial charge on any atom is 0.244 e. The van der Waals surface area contributed by atoms with Gasteiger partial charge in [0.2, 0.25) is 11.8 Å². The molecule has 0 aliphatic rings. The van der Waals surface area contributed by atoms with Crippen molar-refractivity contribution >= 4 is 34.1 Å². The molecule has 1 aromatic heterocycles. The molecule has 6 heteroatoms. The summed E-state index contributed by atoms with van der Waals surface area (Å²) >= 11 is 0. The molecule has 0 spiro atoms. The van der Waals surface area contributed by atoms with E-state index in [2.05, 4.69) is 16.7 Å². The largest absolute Gasteiger partial charge is 0.331 e. The fraction of sp³-hybridized carbons (Fsp3) is 0.0833. The quantitative estimate of drug-likeness (QED) is 0.492. The van der Waals surface area contributed by atoms with Gasteiger partial charge in [0.25, 0.3) is 0 Å². The lowest BCUT2D eigenvalue weighted by Crippen LogP contribution is -2.19. The molecule has 0 saturated carbocycles. The molecule has 0 bridgehead atoms. The lowest BCUT2D eigenvalue weighted by Gasteiger charge is -2.13. The molecule has 0 unspecified atom stereocenters. The van der Waals surface area contributed by atoms with Crippen LogP contribution >= 0.6 is 0 Å². The predicted octanol–water partition coefficient (Wildman–Crippen LogP) is 5.04. The van der Waals surface area contributed by atoms with Gasteiger partial charge in [-0.2, -0.15) is 0 Å². The molecule has 2 N–H and O–H groups in total. The Kier molecular flexibility index (Phi) is 5.30. The highest BCUT2D eigenvalue weighted by Gasteiger charge is 2.14. The monoisotopic (exact) mass is 401 g/mol. The molecule has 150 valence electrons. The number of fused-ring (bicyclic) bond motifs is 1. The maximum atomic E-state index is 13.9. The van der Waals surface area contributed by atoms with Crippen LogP contribution in [-0.4, -0.2) is 16.4 Å². The van der Waals surface area contributed by atoms with Crippen LogP contribution in [0.5, 0.6) is 0 Å². The summed E-state index contributed by atoms with van der Waals surface area (Å²) in [5, 5.41) is 6.24. The van der Waals surface area contributed by atoms with Crippen molar-refractivity contribution in [3.63, 3.8) is 0 Å². The average Bonchev–Trinajstić information content (AvgIpc) is 3.09. The second-order valence-corrected chi connectivity index (χ2v) is 6.96. The van der Waals surface area contributed by atoms with E-state index in [1.54, 1.807) is 0 Å². The Morgan fingerprint density at radius 2 is 1.63 bits per heavy atom. The van der Waals surface area contributed by atoms with Crippen LogP contribution < -0.4 is 10.6 Å². The molecule has 30 heavy (non-hydrogen) atoms. The standard InChI is InChI=1S/C24H20FN3O2/c1-16(29)26-21-14-19(11-12-20(21)25)27-24(30)15-28-22-10-6-5-9-18(22)13-23(28)17-7-3-2-4-8-17/h2-14H,15H2,1H3,(H,26,29)(H,27,30). The molecule has 0 fully saturated rings. The van der Waals surface area contributed by atoms with E-state index < -0.39 is 5.82 Å². The van der Waals surface area contributed by atoms with Gasteiger partial charge in [-0.3, -0.25) is 9.59 Å². The summed E-state index contributed by atoms with van der Waals surface area (Å²) in [5.41, 5.74) is 3.32. The normalized spacial score (nSPS) is 10.7. The first kappa shape index (κ1) is 19.4. The molecule has 0 aliphatic carbocycles. The van der Waals surface area contributed by atoms with Gasteiger partial charge in [0, 0.05) is 29.2 Å². The van der Waals surface area contributed by atoms with Crippen molar-refractivity contribution in [2.75, 3.05) is 10.6 Å². The van der Waals surface area contributed by atoms with Crippen molar-refractivity contribution in [1.82, 2.24) is 4.57 Å². The number of carbonyl (C=O) groups is 2. The van der Waals surface area contributed by atoms with E-state index in [9.17, 15) is 14.0 Å². The molecular formula is C24H20FN3O2. The van der Waals surface area contributed by atoms with E-state index in [4.69, 9.17) is 0 Å². The Labute approximate surface area is 173 Å². The third-order valence-corrected chi connectivity index (χ3v) is 4.74. The SMILES string of the molecule is CC(=O)Nc1cc(NC(=O)Cn2c(-c3ccccc3)cc3ccccc32)ccc1F. The van der Waals surface area contributed by atoms with Gasteiger partial charge in [-0.25, -0.2) is 4.39 Å². The Balaban J connectivity index is 1.63. The summed E-state index contributed by atoms with van der Waals surface area (Å²) in [7, 11) is 0. The lowest BCUT2D eigenvalue weighted by atomic mass is 10.1. The third kappa shape index (κ3) is 4.07. The highest BCUT2D eigenvalue weighted by molar-refractivity contribution is 5.95. The summed E-state index contributed by atoms with van der Waals surface area (Å²) in [5.74, 6) is -1.21. The summed E-state index contributed by atoms with van der Waals surface area (Å²) in [6.07, 6.45) is 0. The number of carbonyl (C=O) groups excluding carboxylic acids is 2. The summed E-state index contributed by atoms with van der Waals surface area (Å²) in [6, 6.07) is 23.9. The van der Waals surface area contributed by atoms with E-state index >= 15 is 0 Å². The van der Waals surface area contributed by atoms with Crippen LogP contribution in [0, 0.1) is 5.82 Å². The number of para-hydroxylation sites is 1. The Morgan fingerprint density at radius 3 is 2.40 bits per heavy atom. The van der Waals surface area contributed by atoms with E-state index in [-0.39, 0.29) is 24.0 Å². The second kappa shape index (κ2) is 8.21. The minimum absolute atomic E-state index is 0.0247.